The van der Waals surface area contributed by atoms with Gasteiger partial charge in [0.25, 0.3) is 0 Å². The van der Waals surface area contributed by atoms with Gasteiger partial charge in [0.05, 0.1) is 12.1 Å². The van der Waals surface area contributed by atoms with Gasteiger partial charge in [0, 0.05) is 11.6 Å². The second kappa shape index (κ2) is 11.5. The van der Waals surface area contributed by atoms with Gasteiger partial charge in [-0.3, -0.25) is 4.79 Å². The van der Waals surface area contributed by atoms with Crippen LogP contribution in [0.1, 0.15) is 11.1 Å². The molecule has 0 saturated carbocycles. The Bertz CT molecular complexity index is 1190. The predicted octanol–water partition coefficient (Wildman–Crippen LogP) is 4.25. The monoisotopic (exact) mass is 506 g/mol. The summed E-state index contributed by atoms with van der Waals surface area (Å²) in [6.07, 6.45) is 0.757. The molecule has 2 N–H and O–H groups in total. The zero-order chi connectivity index (χ0) is 23.8. The van der Waals surface area contributed by atoms with Crippen LogP contribution in [0.15, 0.2) is 77.7 Å². The van der Waals surface area contributed by atoms with Gasteiger partial charge < -0.3 is 10.1 Å². The fourth-order valence-corrected chi connectivity index (χ4v) is 5.17. The molecular weight excluding hydrogens is 483 g/mol. The highest BCUT2D eigenvalue weighted by molar-refractivity contribution is 7.89. The first-order valence-corrected chi connectivity index (χ1v) is 12.4. The van der Waals surface area contributed by atoms with Gasteiger partial charge in [0.15, 0.2) is 0 Å². The number of hydrogen-bond donors (Lipinski definition) is 2. The van der Waals surface area contributed by atoms with Crippen LogP contribution in [0.5, 0.6) is 5.75 Å². The van der Waals surface area contributed by atoms with Crippen LogP contribution >= 0.6 is 23.2 Å². The van der Waals surface area contributed by atoms with Crippen LogP contribution in [0.25, 0.3) is 0 Å². The van der Waals surface area contributed by atoms with Crippen molar-refractivity contribution in [3.8, 4) is 5.75 Å². The Kier molecular flexibility index (Phi) is 8.74. The molecule has 0 spiro atoms. The van der Waals surface area contributed by atoms with Gasteiger partial charge in [-0.15, -0.1) is 0 Å². The lowest BCUT2D eigenvalue weighted by Gasteiger charge is -2.19. The lowest BCUT2D eigenvalue weighted by atomic mass is 10.1. The number of carbonyl (C=O) groups is 1. The highest BCUT2D eigenvalue weighted by Crippen LogP contribution is 2.25. The van der Waals surface area contributed by atoms with Crippen molar-refractivity contribution < 1.29 is 17.9 Å². The Morgan fingerprint density at radius 1 is 0.970 bits per heavy atom. The van der Waals surface area contributed by atoms with Gasteiger partial charge in [0.1, 0.15) is 16.7 Å². The molecule has 0 aliphatic heterocycles. The summed E-state index contributed by atoms with van der Waals surface area (Å²) < 4.78 is 33.7. The van der Waals surface area contributed by atoms with E-state index in [4.69, 9.17) is 27.9 Å². The average molecular weight is 507 g/mol. The standard InChI is InChI=1S/C24H24Cl2N2O4S/c1-32-20-10-7-17(8-11-20)13-14-27-24(29)22(15-18-5-3-2-4-6-18)28-33(30,31)23-16-19(25)9-12-21(23)26/h2-12,16,22,28H,13-15H2,1H3,(H,27,29)/t22-/m0/s1. The van der Waals surface area contributed by atoms with E-state index in [1.54, 1.807) is 7.11 Å². The van der Waals surface area contributed by atoms with Crippen molar-refractivity contribution in [3.63, 3.8) is 0 Å². The zero-order valence-electron chi connectivity index (χ0n) is 17.9. The fraction of sp³-hybridized carbons (Fsp3) is 0.208. The average Bonchev–Trinajstić information content (AvgIpc) is 2.81. The molecule has 3 rings (SSSR count). The van der Waals surface area contributed by atoms with E-state index in [9.17, 15) is 13.2 Å². The van der Waals surface area contributed by atoms with E-state index in [-0.39, 0.29) is 21.4 Å². The van der Waals surface area contributed by atoms with Crippen molar-refractivity contribution in [2.75, 3.05) is 13.7 Å². The van der Waals surface area contributed by atoms with Gasteiger partial charge in [-0.05, 0) is 54.3 Å². The van der Waals surface area contributed by atoms with E-state index >= 15 is 0 Å². The molecule has 0 radical (unpaired) electrons. The summed E-state index contributed by atoms with van der Waals surface area (Å²) in [5, 5.41) is 3.07. The highest BCUT2D eigenvalue weighted by atomic mass is 35.5. The second-order valence-corrected chi connectivity index (χ2v) is 9.85. The Labute approximate surface area is 203 Å². The Morgan fingerprint density at radius 2 is 1.67 bits per heavy atom. The molecule has 9 heteroatoms. The first-order valence-electron chi connectivity index (χ1n) is 10.2. The number of halogens is 2. The molecule has 0 bridgehead atoms. The van der Waals surface area contributed by atoms with Crippen LogP contribution in [0.4, 0.5) is 0 Å². The molecule has 1 amide bonds. The van der Waals surface area contributed by atoms with Gasteiger partial charge in [-0.2, -0.15) is 4.72 Å². The van der Waals surface area contributed by atoms with Crippen molar-refractivity contribution in [1.29, 1.82) is 0 Å². The van der Waals surface area contributed by atoms with Crippen LogP contribution in [0, 0.1) is 0 Å². The molecule has 174 valence electrons. The minimum atomic E-state index is -4.10. The summed E-state index contributed by atoms with van der Waals surface area (Å²) >= 11 is 12.0. The van der Waals surface area contributed by atoms with Crippen LogP contribution in [-0.4, -0.2) is 34.0 Å². The number of rotatable bonds is 10. The van der Waals surface area contributed by atoms with Gasteiger partial charge in [-0.25, -0.2) is 8.42 Å². The number of amides is 1. The van der Waals surface area contributed by atoms with Crippen molar-refractivity contribution in [2.45, 2.75) is 23.8 Å². The molecule has 0 fully saturated rings. The summed E-state index contributed by atoms with van der Waals surface area (Å²) in [7, 11) is -2.51. The Hall–Kier alpha value is -2.58. The predicted molar refractivity (Wildman–Crippen MR) is 130 cm³/mol. The van der Waals surface area contributed by atoms with E-state index in [2.05, 4.69) is 10.0 Å². The quantitative estimate of drug-likeness (QED) is 0.430. The SMILES string of the molecule is COc1ccc(CCNC(=O)[C@H](Cc2ccccc2)NS(=O)(=O)c2cc(Cl)ccc2Cl)cc1. The third-order valence-corrected chi connectivity index (χ3v) is 7.14. The zero-order valence-corrected chi connectivity index (χ0v) is 20.3. The van der Waals surface area contributed by atoms with E-state index in [1.165, 1.54) is 18.2 Å². The summed E-state index contributed by atoms with van der Waals surface area (Å²) in [6.45, 7) is 0.343. The largest absolute Gasteiger partial charge is 0.497 e. The molecule has 3 aromatic carbocycles. The summed E-state index contributed by atoms with van der Waals surface area (Å²) in [5.74, 6) is 0.314. The van der Waals surface area contributed by atoms with Crippen molar-refractivity contribution in [1.82, 2.24) is 10.0 Å². The van der Waals surface area contributed by atoms with Gasteiger partial charge in [0.2, 0.25) is 15.9 Å². The molecule has 6 nitrogen and oxygen atoms in total. The summed E-state index contributed by atoms with van der Waals surface area (Å²) in [5.41, 5.74) is 1.83. The molecular formula is C24H24Cl2N2O4S. The third-order valence-electron chi connectivity index (χ3n) is 4.95. The van der Waals surface area contributed by atoms with Crippen molar-refractivity contribution >= 4 is 39.1 Å². The van der Waals surface area contributed by atoms with Gasteiger partial charge >= 0.3 is 0 Å². The lowest BCUT2D eigenvalue weighted by Crippen LogP contribution is -2.48. The number of sulfonamides is 1. The molecule has 1 atom stereocenters. The molecule has 3 aromatic rings. The maximum atomic E-state index is 13.0. The minimum absolute atomic E-state index is 0.0188. The Balaban J connectivity index is 1.74. The normalized spacial score (nSPS) is 12.2. The van der Waals surface area contributed by atoms with E-state index < -0.39 is 22.0 Å². The van der Waals surface area contributed by atoms with Crippen molar-refractivity contribution in [3.05, 3.63) is 94.0 Å². The molecule has 0 aliphatic rings. The van der Waals surface area contributed by atoms with Gasteiger partial charge in [-0.1, -0.05) is 65.7 Å². The van der Waals surface area contributed by atoms with Crippen LogP contribution in [-0.2, 0) is 27.7 Å². The molecule has 0 unspecified atom stereocenters. The molecule has 0 aliphatic carbocycles. The molecule has 0 saturated heterocycles. The number of hydrogen-bond acceptors (Lipinski definition) is 4. The second-order valence-electron chi connectivity index (χ2n) is 7.33. The Morgan fingerprint density at radius 3 is 2.33 bits per heavy atom. The third kappa shape index (κ3) is 7.20. The van der Waals surface area contributed by atoms with E-state index in [1.807, 2.05) is 54.6 Å². The number of nitrogens with one attached hydrogen (secondary N) is 2. The molecule has 0 heterocycles. The first-order chi connectivity index (χ1) is 15.8. The number of methoxy groups -OCH3 is 1. The number of carbonyl (C=O) groups excluding carboxylic acids is 1. The molecule has 33 heavy (non-hydrogen) atoms. The van der Waals surface area contributed by atoms with E-state index in [0.29, 0.717) is 13.0 Å². The van der Waals surface area contributed by atoms with Crippen LogP contribution in [0.2, 0.25) is 10.0 Å². The maximum absolute atomic E-state index is 13.0. The summed E-state index contributed by atoms with van der Waals surface area (Å²) in [4.78, 5) is 12.8. The lowest BCUT2D eigenvalue weighted by molar-refractivity contribution is -0.122. The minimum Gasteiger partial charge on any atom is -0.497 e. The first kappa shape index (κ1) is 25.1. The fourth-order valence-electron chi connectivity index (χ4n) is 3.22. The van der Waals surface area contributed by atoms with Crippen LogP contribution in [0.3, 0.4) is 0 Å². The highest BCUT2D eigenvalue weighted by Gasteiger charge is 2.27. The van der Waals surface area contributed by atoms with E-state index in [0.717, 1.165) is 16.9 Å². The smallest absolute Gasteiger partial charge is 0.242 e. The maximum Gasteiger partial charge on any atom is 0.242 e. The summed E-state index contributed by atoms with van der Waals surface area (Å²) in [6, 6.07) is 19.8. The number of benzene rings is 3. The molecule has 0 aromatic heterocycles. The van der Waals surface area contributed by atoms with Crippen LogP contribution < -0.4 is 14.8 Å². The van der Waals surface area contributed by atoms with Crippen molar-refractivity contribution in [2.24, 2.45) is 0 Å². The number of ether oxygens (including phenoxy) is 1. The topological polar surface area (TPSA) is 84.5 Å².